The molecule has 0 aromatic rings. The number of guanidine groups is 1. The van der Waals surface area contributed by atoms with E-state index in [0.29, 0.717) is 0 Å². The number of carbonyl (C=O) groups is 11. The van der Waals surface area contributed by atoms with Crippen LogP contribution in [0.3, 0.4) is 0 Å². The largest absolute Gasteiger partial charge is 0.390 e. The van der Waals surface area contributed by atoms with Gasteiger partial charge in [-0.25, -0.2) is 0 Å². The monoisotopic (exact) mass is 1320 g/mol. The first-order chi connectivity index (χ1) is 42.5. The molecular weight excluding hydrogens is 1200 g/mol. The van der Waals surface area contributed by atoms with E-state index in [9.17, 15) is 29.1 Å². The van der Waals surface area contributed by atoms with Crippen LogP contribution in [0, 0.1) is 41.4 Å². The summed E-state index contributed by atoms with van der Waals surface area (Å²) >= 11 is 0.992. The maximum absolute atomic E-state index is 15.3. The Bertz CT molecular complexity index is 2560. The van der Waals surface area contributed by atoms with Gasteiger partial charge in [0.25, 0.3) is 5.91 Å². The highest BCUT2D eigenvalue weighted by Crippen LogP contribution is 2.27. The first-order valence-corrected chi connectivity index (χ1v) is 33.6. The Morgan fingerprint density at radius 2 is 0.924 bits per heavy atom. The molecule has 1 rings (SSSR count). The molecule has 0 radical (unpaired) electrons. The fourth-order valence-corrected chi connectivity index (χ4v) is 12.3. The number of aliphatic imine (C=N–C) groups is 1. The lowest BCUT2D eigenvalue weighted by atomic mass is 9.91. The second-order valence-electron chi connectivity index (χ2n) is 27.3. The molecule has 1 aliphatic heterocycles. The number of thioether (sulfide) groups is 1. The third kappa shape index (κ3) is 23.8. The van der Waals surface area contributed by atoms with E-state index < -0.39 is 155 Å². The van der Waals surface area contributed by atoms with Crippen molar-refractivity contribution in [3.63, 3.8) is 0 Å². The molecule has 11 amide bonds. The lowest BCUT2D eigenvalue weighted by Gasteiger charge is -2.41. The minimum atomic E-state index is -1.67. The number of aliphatic hydroxyl groups is 1. The highest BCUT2D eigenvalue weighted by molar-refractivity contribution is 8.00. The summed E-state index contributed by atoms with van der Waals surface area (Å²) in [7, 11) is 9.86. The Hall–Kier alpha value is -6.51. The maximum atomic E-state index is 15.3. The third-order valence-electron chi connectivity index (χ3n) is 16.9. The third-order valence-corrected chi connectivity index (χ3v) is 18.1. The zero-order valence-electron chi connectivity index (χ0n) is 59.9. The predicted molar refractivity (Wildman–Crippen MR) is 361 cm³/mol. The number of allylic oxidation sites excluding steroid dienone is 2. The first kappa shape index (κ1) is 83.5. The van der Waals surface area contributed by atoms with E-state index >= 15 is 28.8 Å². The zero-order chi connectivity index (χ0) is 71.3. The second kappa shape index (κ2) is 38.6. The fraction of sp³-hybridized carbons (Fsp3) is 0.785. The number of nitrogens with one attached hydrogen (secondary N) is 4. The quantitative estimate of drug-likeness (QED) is 0.0423. The number of nitrogens with zero attached hydrogens (tertiary/aromatic N) is 8. The zero-order valence-corrected chi connectivity index (χ0v) is 60.7. The van der Waals surface area contributed by atoms with Crippen molar-refractivity contribution in [3.8, 4) is 0 Å². The van der Waals surface area contributed by atoms with Gasteiger partial charge in [0.05, 0.1) is 12.6 Å². The number of hydrogen-bond acceptors (Lipinski definition) is 14. The van der Waals surface area contributed by atoms with Crippen molar-refractivity contribution in [2.24, 2.45) is 57.9 Å². The van der Waals surface area contributed by atoms with Crippen LogP contribution in [0.5, 0.6) is 0 Å². The lowest BCUT2D eigenvalue weighted by molar-refractivity contribution is -0.157. The van der Waals surface area contributed by atoms with Crippen molar-refractivity contribution in [2.45, 2.75) is 228 Å². The molecule has 1 aliphatic rings. The van der Waals surface area contributed by atoms with Gasteiger partial charge in [-0.3, -0.25) is 57.7 Å². The topological polar surface area (TPSA) is 343 Å². The van der Waals surface area contributed by atoms with Gasteiger partial charge in [0.1, 0.15) is 60.4 Å². The first-order valence-electron chi connectivity index (χ1n) is 32.6. The van der Waals surface area contributed by atoms with E-state index in [2.05, 4.69) is 26.3 Å². The van der Waals surface area contributed by atoms with Crippen molar-refractivity contribution in [1.29, 1.82) is 0 Å². The van der Waals surface area contributed by atoms with E-state index in [1.807, 2.05) is 55.4 Å². The summed E-state index contributed by atoms with van der Waals surface area (Å²) in [6.07, 6.45) is 2.76. The number of amides is 11. The summed E-state index contributed by atoms with van der Waals surface area (Å²) in [4.78, 5) is 176. The van der Waals surface area contributed by atoms with Crippen LogP contribution in [0.15, 0.2) is 17.1 Å². The van der Waals surface area contributed by atoms with Gasteiger partial charge in [-0.2, -0.15) is 0 Å². The number of rotatable bonds is 19. The SMILES string of the molecule is C/C=C/C[C@@H](C)[C@@H](O)C1C(=O)N[C@@H](CC)C(=O)N(C)C(SCCN=C(N)N)C(=O)N(C)[C@@H](CC(C)C)C(=O)N[C@@H](C(C)C)C(=O)N(C)C(CC(C)C)C(=O)N[C@@H](C)C(=O)N[C@H](C)C(=O)N(C)[C@@H](CC(C)C)C(=O)N(C)[C@@H](CC(C)C)C(=O)N(C)[C@H](C(C)C)C(=O)N1C. The Kier molecular flexibility index (Phi) is 35.1. The highest BCUT2D eigenvalue weighted by Gasteiger charge is 2.46. The van der Waals surface area contributed by atoms with Crippen molar-refractivity contribution in [2.75, 3.05) is 61.6 Å². The maximum Gasteiger partial charge on any atom is 0.256 e. The predicted octanol–water partition coefficient (Wildman–Crippen LogP) is 2.60. The molecule has 0 spiro atoms. The molecule has 9 N–H and O–H groups in total. The van der Waals surface area contributed by atoms with Crippen LogP contribution in [0.25, 0.3) is 0 Å². The second-order valence-corrected chi connectivity index (χ2v) is 28.5. The number of carbonyl (C=O) groups excluding carboxylic acids is 11. The van der Waals surface area contributed by atoms with E-state index in [-0.39, 0.29) is 80.5 Å². The van der Waals surface area contributed by atoms with Crippen molar-refractivity contribution >= 4 is 82.7 Å². The summed E-state index contributed by atoms with van der Waals surface area (Å²) < 4.78 is 0. The summed E-state index contributed by atoms with van der Waals surface area (Å²) in [6, 6.07) is -12.8. The van der Waals surface area contributed by atoms with Crippen LogP contribution in [-0.2, 0) is 52.7 Å². The van der Waals surface area contributed by atoms with Crippen LogP contribution in [0.2, 0.25) is 0 Å². The minimum Gasteiger partial charge on any atom is -0.390 e. The molecular formula is C65H118N14O12S. The number of likely N-dealkylation sites (N-methyl/N-ethyl adjacent to an activating group) is 7. The molecule has 0 aromatic heterocycles. The van der Waals surface area contributed by atoms with Gasteiger partial charge >= 0.3 is 0 Å². The summed E-state index contributed by atoms with van der Waals surface area (Å²) in [5.41, 5.74) is 11.3. The standard InChI is InChI=1S/C65H118N14O12S/c1-25-27-28-41(15)52(80)51-56(84)71-44(26-2)58(86)79(24)64(92-30-29-68-65(66)67)63(91)74(19)46(32-36(5)6)55(83)72-49(39(11)12)61(89)73(18)45(31-35(3)4)54(82)69-42(16)53(81)70-43(17)57(85)75(20)47(33-37(7)8)59(87)76(21)48(34-38(9)10)60(88)77(22)50(40(13)14)62(90)78(51)23/h25,27,35-52,64,80H,26,28-34H2,1-24H3,(H,69,82)(H,70,81)(H,71,84)(H,72,83)(H4,66,67,68)/b27-25+/t41-,42+,43-,44+,45?,46+,47+,48+,49+,50-,51?,52-,64?/m1/s1. The van der Waals surface area contributed by atoms with E-state index in [1.54, 1.807) is 60.6 Å². The van der Waals surface area contributed by atoms with Crippen molar-refractivity contribution < 1.29 is 57.8 Å². The molecule has 1 fully saturated rings. The van der Waals surface area contributed by atoms with Gasteiger partial charge in [0, 0.05) is 55.1 Å². The lowest BCUT2D eigenvalue weighted by Crippen LogP contribution is -2.64. The molecule has 13 atom stereocenters. The average molecular weight is 1320 g/mol. The van der Waals surface area contributed by atoms with Gasteiger partial charge in [-0.05, 0) is 101 Å². The molecule has 0 aliphatic carbocycles. The minimum absolute atomic E-state index is 0.0211. The number of nitrogens with two attached hydrogens (primary N) is 2. The molecule has 1 saturated heterocycles. The van der Waals surface area contributed by atoms with Gasteiger partial charge in [-0.15, -0.1) is 11.8 Å². The summed E-state index contributed by atoms with van der Waals surface area (Å²) in [5.74, 6) is -10.4. The Morgan fingerprint density at radius 1 is 0.500 bits per heavy atom. The normalized spacial score (nSPS) is 26.5. The number of aliphatic hydroxyl groups excluding tert-OH is 1. The highest BCUT2D eigenvalue weighted by atomic mass is 32.2. The Labute approximate surface area is 553 Å². The van der Waals surface area contributed by atoms with Crippen molar-refractivity contribution in [3.05, 3.63) is 12.2 Å². The van der Waals surface area contributed by atoms with E-state index in [4.69, 9.17) is 11.5 Å². The molecule has 92 heavy (non-hydrogen) atoms. The molecule has 3 unspecified atom stereocenters. The van der Waals surface area contributed by atoms with Crippen LogP contribution in [-0.4, -0.2) is 244 Å². The van der Waals surface area contributed by atoms with Gasteiger partial charge in [-0.1, -0.05) is 109 Å². The van der Waals surface area contributed by atoms with E-state index in [1.165, 1.54) is 87.7 Å². The van der Waals surface area contributed by atoms with Gasteiger partial charge in [0.2, 0.25) is 59.1 Å². The van der Waals surface area contributed by atoms with Gasteiger partial charge < -0.3 is 72.1 Å². The van der Waals surface area contributed by atoms with Crippen molar-refractivity contribution in [1.82, 2.24) is 55.6 Å². The fourth-order valence-electron chi connectivity index (χ4n) is 11.2. The molecule has 0 saturated carbocycles. The molecule has 0 bridgehead atoms. The Morgan fingerprint density at radius 3 is 1.37 bits per heavy atom. The van der Waals surface area contributed by atoms with Gasteiger partial charge in [0.15, 0.2) is 11.3 Å². The van der Waals surface area contributed by atoms with E-state index in [0.717, 1.165) is 21.6 Å². The Balaban J connectivity index is 4.54. The molecule has 26 nitrogen and oxygen atoms in total. The molecule has 526 valence electrons. The number of hydrogen-bond donors (Lipinski definition) is 7. The van der Waals surface area contributed by atoms with Crippen LogP contribution >= 0.6 is 11.8 Å². The smallest absolute Gasteiger partial charge is 0.256 e. The summed E-state index contributed by atoms with van der Waals surface area (Å²) in [5, 5.41) is 21.9. The van der Waals surface area contributed by atoms with Crippen LogP contribution in [0.4, 0.5) is 0 Å². The molecule has 0 aromatic carbocycles. The van der Waals surface area contributed by atoms with Crippen LogP contribution in [0.1, 0.15) is 156 Å². The molecule has 1 heterocycles. The average Bonchev–Trinajstić information content (AvgIpc) is 0.861. The van der Waals surface area contributed by atoms with Crippen LogP contribution < -0.4 is 32.7 Å². The summed E-state index contributed by atoms with van der Waals surface area (Å²) in [6.45, 7) is 29.7. The molecule has 27 heteroatoms.